The van der Waals surface area contributed by atoms with Crippen LogP contribution in [0, 0.1) is 5.92 Å². The van der Waals surface area contributed by atoms with E-state index in [0.717, 1.165) is 17.7 Å². The van der Waals surface area contributed by atoms with Gasteiger partial charge in [-0.05, 0) is 25.0 Å². The predicted octanol–water partition coefficient (Wildman–Crippen LogP) is 3.35. The van der Waals surface area contributed by atoms with E-state index in [9.17, 15) is 8.42 Å². The molecule has 0 spiro atoms. The maximum absolute atomic E-state index is 12.4. The van der Waals surface area contributed by atoms with Gasteiger partial charge in [-0.2, -0.15) is 0 Å². The summed E-state index contributed by atoms with van der Waals surface area (Å²) in [4.78, 5) is 1.04. The molecule has 1 rings (SSSR count). The molecule has 0 aromatic carbocycles. The van der Waals surface area contributed by atoms with Gasteiger partial charge >= 0.3 is 0 Å². The topological polar surface area (TPSA) is 58.2 Å². The van der Waals surface area contributed by atoms with Gasteiger partial charge in [0, 0.05) is 23.5 Å². The van der Waals surface area contributed by atoms with Gasteiger partial charge in [-0.15, -0.1) is 11.3 Å². The van der Waals surface area contributed by atoms with E-state index in [1.807, 2.05) is 13.0 Å². The minimum atomic E-state index is -3.40. The van der Waals surface area contributed by atoms with Gasteiger partial charge in [0.15, 0.2) is 0 Å². The summed E-state index contributed by atoms with van der Waals surface area (Å²) >= 11 is 1.34. The maximum Gasteiger partial charge on any atom is 0.250 e. The molecule has 1 heterocycles. The summed E-state index contributed by atoms with van der Waals surface area (Å²) in [5.41, 5.74) is 0. The van der Waals surface area contributed by atoms with Crippen molar-refractivity contribution in [2.24, 2.45) is 5.92 Å². The highest BCUT2D eigenvalue weighted by Crippen LogP contribution is 2.23. The van der Waals surface area contributed by atoms with Crippen molar-refractivity contribution in [3.05, 3.63) is 17.0 Å². The van der Waals surface area contributed by atoms with Crippen LogP contribution in [0.2, 0.25) is 0 Å². The largest absolute Gasteiger partial charge is 0.310 e. The van der Waals surface area contributed by atoms with E-state index < -0.39 is 10.0 Å². The van der Waals surface area contributed by atoms with Crippen LogP contribution < -0.4 is 10.0 Å². The Kier molecular flexibility index (Phi) is 7.33. The Labute approximate surface area is 133 Å². The number of hydrogen-bond acceptors (Lipinski definition) is 4. The zero-order chi connectivity index (χ0) is 16.0. The van der Waals surface area contributed by atoms with Crippen LogP contribution in [0.15, 0.2) is 16.3 Å². The molecule has 0 amide bonds. The molecule has 21 heavy (non-hydrogen) atoms. The molecule has 0 radical (unpaired) electrons. The Morgan fingerprint density at radius 3 is 2.29 bits per heavy atom. The highest BCUT2D eigenvalue weighted by atomic mass is 32.2. The molecule has 0 saturated carbocycles. The van der Waals surface area contributed by atoms with E-state index in [1.165, 1.54) is 11.3 Å². The number of thiophene rings is 1. The number of rotatable bonds is 9. The van der Waals surface area contributed by atoms with Crippen molar-refractivity contribution in [3.63, 3.8) is 0 Å². The van der Waals surface area contributed by atoms with Crippen LogP contribution in [0.4, 0.5) is 0 Å². The van der Waals surface area contributed by atoms with Crippen LogP contribution in [-0.2, 0) is 16.6 Å². The lowest BCUT2D eigenvalue weighted by molar-refractivity contribution is 0.391. The van der Waals surface area contributed by atoms with E-state index >= 15 is 0 Å². The Bertz CT molecular complexity index is 520. The van der Waals surface area contributed by atoms with Crippen molar-refractivity contribution in [2.75, 3.05) is 0 Å². The second-order valence-corrected chi connectivity index (χ2v) is 8.85. The van der Waals surface area contributed by atoms with Gasteiger partial charge in [-0.3, -0.25) is 0 Å². The molecule has 1 aromatic heterocycles. The molecular weight excluding hydrogens is 304 g/mol. The van der Waals surface area contributed by atoms with Crippen molar-refractivity contribution in [3.8, 4) is 0 Å². The van der Waals surface area contributed by atoms with Crippen LogP contribution in [0.25, 0.3) is 0 Å². The van der Waals surface area contributed by atoms with Gasteiger partial charge in [0.05, 0.1) is 0 Å². The zero-order valence-electron chi connectivity index (χ0n) is 13.6. The van der Waals surface area contributed by atoms with Gasteiger partial charge in [-0.25, -0.2) is 13.1 Å². The Hall–Kier alpha value is -0.430. The summed E-state index contributed by atoms with van der Waals surface area (Å²) < 4.78 is 28.0. The third kappa shape index (κ3) is 5.70. The second-order valence-electron chi connectivity index (χ2n) is 5.74. The molecule has 0 fully saturated rings. The lowest BCUT2D eigenvalue weighted by atomic mass is 9.96. The number of sulfonamides is 1. The van der Waals surface area contributed by atoms with Crippen molar-refractivity contribution < 1.29 is 8.42 Å². The van der Waals surface area contributed by atoms with Gasteiger partial charge in [0.2, 0.25) is 10.0 Å². The fraction of sp³-hybridized carbons (Fsp3) is 0.733. The minimum absolute atomic E-state index is 0.0376. The lowest BCUT2D eigenvalue weighted by Gasteiger charge is -2.21. The summed E-state index contributed by atoms with van der Waals surface area (Å²) in [6, 6.07) is 3.94. The summed E-state index contributed by atoms with van der Waals surface area (Å²) in [5, 5.41) is 3.30. The molecular formula is C15H28N2O2S2. The first-order valence-electron chi connectivity index (χ1n) is 7.64. The van der Waals surface area contributed by atoms with Crippen molar-refractivity contribution in [1.82, 2.24) is 10.0 Å². The van der Waals surface area contributed by atoms with E-state index in [1.54, 1.807) is 6.07 Å². The Morgan fingerprint density at radius 2 is 1.76 bits per heavy atom. The molecule has 122 valence electrons. The molecule has 0 aliphatic heterocycles. The van der Waals surface area contributed by atoms with Crippen molar-refractivity contribution >= 4 is 21.4 Å². The molecule has 6 heteroatoms. The van der Waals surface area contributed by atoms with Crippen LogP contribution >= 0.6 is 11.3 Å². The van der Waals surface area contributed by atoms with E-state index in [0.29, 0.717) is 22.7 Å². The van der Waals surface area contributed by atoms with E-state index in [-0.39, 0.29) is 6.04 Å². The summed E-state index contributed by atoms with van der Waals surface area (Å²) in [6.45, 7) is 11.0. The maximum atomic E-state index is 12.4. The summed E-state index contributed by atoms with van der Waals surface area (Å²) in [6.07, 6.45) is 1.96. The standard InChI is InChI=1S/C15H28N2O2S2/c1-6-13(7-2)12(5)17-21(18,19)15-9-8-14(20-15)10-16-11(3)4/h8-9,11-13,16-17H,6-7,10H2,1-5H3. The number of hydrogen-bond donors (Lipinski definition) is 2. The van der Waals surface area contributed by atoms with Crippen LogP contribution in [0.3, 0.4) is 0 Å². The average Bonchev–Trinajstić information content (AvgIpc) is 2.86. The number of nitrogens with one attached hydrogen (secondary N) is 2. The van der Waals surface area contributed by atoms with Crippen molar-refractivity contribution in [2.45, 2.75) is 70.3 Å². The Morgan fingerprint density at radius 1 is 1.14 bits per heavy atom. The van der Waals surface area contributed by atoms with E-state index in [2.05, 4.69) is 37.7 Å². The van der Waals surface area contributed by atoms with Gasteiger partial charge in [0.25, 0.3) is 0 Å². The molecule has 1 atom stereocenters. The van der Waals surface area contributed by atoms with Crippen LogP contribution in [0.1, 0.15) is 52.3 Å². The molecule has 2 N–H and O–H groups in total. The lowest BCUT2D eigenvalue weighted by Crippen LogP contribution is -2.37. The molecule has 1 aromatic rings. The molecule has 4 nitrogen and oxygen atoms in total. The first kappa shape index (κ1) is 18.6. The van der Waals surface area contributed by atoms with Crippen LogP contribution in [0.5, 0.6) is 0 Å². The summed E-state index contributed by atoms with van der Waals surface area (Å²) in [7, 11) is -3.40. The average molecular weight is 333 g/mol. The smallest absolute Gasteiger partial charge is 0.250 e. The summed E-state index contributed by atoms with van der Waals surface area (Å²) in [5.74, 6) is 0.377. The molecule has 1 unspecified atom stereocenters. The molecule has 0 bridgehead atoms. The van der Waals surface area contributed by atoms with Gasteiger partial charge in [-0.1, -0.05) is 40.5 Å². The monoisotopic (exact) mass is 332 g/mol. The fourth-order valence-corrected chi connectivity index (χ4v) is 4.93. The van der Waals surface area contributed by atoms with Gasteiger partial charge < -0.3 is 5.32 Å². The fourth-order valence-electron chi connectivity index (χ4n) is 2.30. The molecule has 0 aliphatic carbocycles. The normalized spacial score (nSPS) is 14.0. The first-order chi connectivity index (χ1) is 9.80. The SMILES string of the molecule is CCC(CC)C(C)NS(=O)(=O)c1ccc(CNC(C)C)s1. The van der Waals surface area contributed by atoms with Crippen LogP contribution in [-0.4, -0.2) is 20.5 Å². The Balaban J connectivity index is 2.74. The predicted molar refractivity (Wildman–Crippen MR) is 90.2 cm³/mol. The zero-order valence-corrected chi connectivity index (χ0v) is 15.3. The highest BCUT2D eigenvalue weighted by Gasteiger charge is 2.23. The quantitative estimate of drug-likeness (QED) is 0.729. The third-order valence-corrected chi connectivity index (χ3v) is 6.82. The third-order valence-electron chi connectivity index (χ3n) is 3.68. The van der Waals surface area contributed by atoms with E-state index in [4.69, 9.17) is 0 Å². The van der Waals surface area contributed by atoms with Gasteiger partial charge in [0.1, 0.15) is 4.21 Å². The second kappa shape index (κ2) is 8.27. The molecule has 0 aliphatic rings. The first-order valence-corrected chi connectivity index (χ1v) is 9.94. The van der Waals surface area contributed by atoms with Crippen molar-refractivity contribution in [1.29, 1.82) is 0 Å². The molecule has 0 saturated heterocycles. The minimum Gasteiger partial charge on any atom is -0.310 e. The highest BCUT2D eigenvalue weighted by molar-refractivity contribution is 7.91.